The third-order valence-electron chi connectivity index (χ3n) is 5.06. The normalized spacial score (nSPS) is 22.9. The number of hydrazine groups is 1. The Bertz CT molecular complexity index is 937. The Labute approximate surface area is 178 Å². The number of carbonyl (C=O) groups excluding carboxylic acids is 3. The molecule has 3 unspecified atom stereocenters. The Morgan fingerprint density at radius 2 is 1.87 bits per heavy atom. The van der Waals surface area contributed by atoms with Crippen LogP contribution in [0.25, 0.3) is 0 Å². The zero-order valence-corrected chi connectivity index (χ0v) is 17.2. The number of hydrogen-bond donors (Lipinski definition) is 4. The number of carbonyl (C=O) groups is 3. The van der Waals surface area contributed by atoms with Crippen LogP contribution in [0.2, 0.25) is 0 Å². The van der Waals surface area contributed by atoms with Gasteiger partial charge in [0, 0.05) is 17.8 Å². The third kappa shape index (κ3) is 4.48. The second-order valence-corrected chi connectivity index (χ2v) is 8.26. The lowest BCUT2D eigenvalue weighted by molar-refractivity contribution is -0.127. The monoisotopic (exact) mass is 425 g/mol. The molecule has 2 aromatic rings. The van der Waals surface area contributed by atoms with E-state index in [1.54, 1.807) is 24.3 Å². The van der Waals surface area contributed by atoms with Gasteiger partial charge in [-0.25, -0.2) is 5.43 Å². The minimum absolute atomic E-state index is 0.0215. The Morgan fingerprint density at radius 3 is 2.57 bits per heavy atom. The number of hydrogen-bond acceptors (Lipinski definition) is 7. The van der Waals surface area contributed by atoms with Gasteiger partial charge in [-0.3, -0.25) is 24.7 Å². The summed E-state index contributed by atoms with van der Waals surface area (Å²) in [7, 11) is 0. The van der Waals surface area contributed by atoms with Crippen LogP contribution in [0.4, 0.5) is 11.4 Å². The predicted octanol–water partition coefficient (Wildman–Crippen LogP) is 1.53. The van der Waals surface area contributed by atoms with Crippen molar-refractivity contribution in [2.45, 2.75) is 18.6 Å². The van der Waals surface area contributed by atoms with Gasteiger partial charge in [-0.15, -0.1) is 11.8 Å². The van der Waals surface area contributed by atoms with E-state index in [1.165, 1.54) is 18.7 Å². The molecule has 2 aliphatic rings. The van der Waals surface area contributed by atoms with Gasteiger partial charge in [-0.1, -0.05) is 18.2 Å². The lowest BCUT2D eigenvalue weighted by atomic mass is 10.1. The largest absolute Gasteiger partial charge is 0.331 e. The quantitative estimate of drug-likeness (QED) is 0.521. The molecule has 2 fully saturated rings. The second-order valence-electron chi connectivity index (χ2n) is 7.17. The summed E-state index contributed by atoms with van der Waals surface area (Å²) < 4.78 is 0. The highest BCUT2D eigenvalue weighted by atomic mass is 32.2. The van der Waals surface area contributed by atoms with Crippen LogP contribution in [-0.4, -0.2) is 41.6 Å². The van der Waals surface area contributed by atoms with E-state index in [2.05, 4.69) is 21.4 Å². The van der Waals surface area contributed by atoms with Crippen molar-refractivity contribution in [2.75, 3.05) is 22.6 Å². The fraction of sp³-hybridized carbons (Fsp3) is 0.286. The van der Waals surface area contributed by atoms with Crippen molar-refractivity contribution in [3.8, 4) is 0 Å². The van der Waals surface area contributed by atoms with Crippen LogP contribution in [0.5, 0.6) is 0 Å². The Hall–Kier alpha value is -2.88. The van der Waals surface area contributed by atoms with Gasteiger partial charge < -0.3 is 10.6 Å². The van der Waals surface area contributed by atoms with Gasteiger partial charge in [0.1, 0.15) is 11.7 Å². The molecule has 8 nitrogen and oxygen atoms in total. The molecule has 2 heterocycles. The first kappa shape index (κ1) is 20.4. The van der Waals surface area contributed by atoms with Crippen LogP contribution in [0.15, 0.2) is 54.6 Å². The van der Waals surface area contributed by atoms with Crippen LogP contribution in [-0.2, 0) is 9.59 Å². The number of Topliss-reactive ketones (excluding diaryl/α,β-unsaturated/α-hetero) is 1. The summed E-state index contributed by atoms with van der Waals surface area (Å²) in [5.74, 6) is -0.286. The minimum Gasteiger partial charge on any atom is -0.331 e. The molecule has 3 atom stereocenters. The summed E-state index contributed by atoms with van der Waals surface area (Å²) in [6.45, 7) is 2.05. The second kappa shape index (κ2) is 8.86. The molecule has 2 aromatic carbocycles. The number of nitrogens with zero attached hydrogens (tertiary/aromatic N) is 1. The molecule has 0 radical (unpaired) electrons. The van der Waals surface area contributed by atoms with Crippen molar-refractivity contribution in [3.63, 3.8) is 0 Å². The van der Waals surface area contributed by atoms with Crippen molar-refractivity contribution in [1.82, 2.24) is 16.1 Å². The molecule has 9 heteroatoms. The standard InChI is InChI=1S/C21H23N5O3S/c1-13(27)14-7-9-15(10-8-14)23-18(28)12-30-21-24-19-17(20(29)25-21)11-22-26(19)16-5-3-2-4-6-16/h2-10,17,19,21-22,24H,11-12H2,1H3,(H,23,28)(H,25,29). The number of nitrogens with one attached hydrogen (secondary N) is 4. The highest BCUT2D eigenvalue weighted by Gasteiger charge is 2.44. The fourth-order valence-electron chi connectivity index (χ4n) is 3.52. The molecule has 0 spiro atoms. The summed E-state index contributed by atoms with van der Waals surface area (Å²) >= 11 is 1.32. The molecule has 0 bridgehead atoms. The van der Waals surface area contributed by atoms with Gasteiger partial charge in [0.2, 0.25) is 11.8 Å². The van der Waals surface area contributed by atoms with Gasteiger partial charge in [0.25, 0.3) is 0 Å². The fourth-order valence-corrected chi connectivity index (χ4v) is 4.35. The van der Waals surface area contributed by atoms with Crippen molar-refractivity contribution in [1.29, 1.82) is 0 Å². The number of ketones is 1. The highest BCUT2D eigenvalue weighted by molar-refractivity contribution is 8.00. The molecular formula is C21H23N5O3S. The summed E-state index contributed by atoms with van der Waals surface area (Å²) in [6, 6.07) is 16.6. The van der Waals surface area contributed by atoms with E-state index in [1.807, 2.05) is 35.3 Å². The van der Waals surface area contributed by atoms with E-state index in [0.29, 0.717) is 17.8 Å². The lowest BCUT2D eigenvalue weighted by Gasteiger charge is -2.37. The van der Waals surface area contributed by atoms with E-state index >= 15 is 0 Å². The van der Waals surface area contributed by atoms with Crippen LogP contribution in [0, 0.1) is 5.92 Å². The predicted molar refractivity (Wildman–Crippen MR) is 117 cm³/mol. The summed E-state index contributed by atoms with van der Waals surface area (Å²) in [4.78, 5) is 36.2. The smallest absolute Gasteiger partial charge is 0.234 e. The molecular weight excluding hydrogens is 402 g/mol. The minimum atomic E-state index is -0.379. The number of thioether (sulfide) groups is 1. The van der Waals surface area contributed by atoms with Crippen molar-refractivity contribution in [3.05, 3.63) is 60.2 Å². The van der Waals surface area contributed by atoms with E-state index in [-0.39, 0.29) is 40.9 Å². The summed E-state index contributed by atoms with van der Waals surface area (Å²) in [5, 5.41) is 11.1. The van der Waals surface area contributed by atoms with E-state index in [9.17, 15) is 14.4 Å². The first-order valence-electron chi connectivity index (χ1n) is 9.68. The maximum absolute atomic E-state index is 12.5. The van der Waals surface area contributed by atoms with E-state index < -0.39 is 0 Å². The first-order chi connectivity index (χ1) is 14.5. The molecule has 30 heavy (non-hydrogen) atoms. The number of fused-ring (bicyclic) bond motifs is 1. The average molecular weight is 426 g/mol. The van der Waals surface area contributed by atoms with E-state index in [0.717, 1.165) is 5.69 Å². The van der Waals surface area contributed by atoms with Crippen molar-refractivity contribution >= 4 is 40.7 Å². The molecule has 2 amide bonds. The molecule has 0 aromatic heterocycles. The average Bonchev–Trinajstić information content (AvgIpc) is 3.18. The molecule has 156 valence electrons. The van der Waals surface area contributed by atoms with Gasteiger partial charge in [-0.05, 0) is 43.3 Å². The topological polar surface area (TPSA) is 103 Å². The van der Waals surface area contributed by atoms with Crippen LogP contribution in [0.3, 0.4) is 0 Å². The zero-order chi connectivity index (χ0) is 21.1. The zero-order valence-electron chi connectivity index (χ0n) is 16.4. The SMILES string of the molecule is CC(=O)c1ccc(NC(=O)CSC2NC(=O)C3CNN(c4ccccc4)C3N2)cc1. The number of benzene rings is 2. The summed E-state index contributed by atoms with van der Waals surface area (Å²) in [5.41, 5.74) is 5.09. The number of para-hydroxylation sites is 1. The molecule has 4 N–H and O–H groups in total. The Balaban J connectivity index is 1.33. The number of anilines is 2. The van der Waals surface area contributed by atoms with Crippen LogP contribution in [0.1, 0.15) is 17.3 Å². The molecule has 0 saturated carbocycles. The van der Waals surface area contributed by atoms with Gasteiger partial charge in [-0.2, -0.15) is 0 Å². The first-order valence-corrected chi connectivity index (χ1v) is 10.7. The number of amides is 2. The number of rotatable bonds is 6. The van der Waals surface area contributed by atoms with Gasteiger partial charge in [0.15, 0.2) is 5.78 Å². The maximum Gasteiger partial charge on any atom is 0.234 e. The highest BCUT2D eigenvalue weighted by Crippen LogP contribution is 2.26. The van der Waals surface area contributed by atoms with Crippen molar-refractivity contribution < 1.29 is 14.4 Å². The van der Waals surface area contributed by atoms with Gasteiger partial charge >= 0.3 is 0 Å². The Kier molecular flexibility index (Phi) is 6.03. The molecule has 2 saturated heterocycles. The van der Waals surface area contributed by atoms with Crippen LogP contribution >= 0.6 is 11.8 Å². The summed E-state index contributed by atoms with van der Waals surface area (Å²) in [6.07, 6.45) is -0.194. The maximum atomic E-state index is 12.5. The molecule has 2 aliphatic heterocycles. The molecule has 4 rings (SSSR count). The van der Waals surface area contributed by atoms with Gasteiger partial charge in [0.05, 0.1) is 17.4 Å². The van der Waals surface area contributed by atoms with Crippen LogP contribution < -0.4 is 26.4 Å². The van der Waals surface area contributed by atoms with E-state index in [4.69, 9.17) is 0 Å². The molecule has 0 aliphatic carbocycles. The lowest BCUT2D eigenvalue weighted by Crippen LogP contribution is -2.63. The third-order valence-corrected chi connectivity index (χ3v) is 6.08. The van der Waals surface area contributed by atoms with Crippen molar-refractivity contribution in [2.24, 2.45) is 5.92 Å². The Morgan fingerprint density at radius 1 is 1.13 bits per heavy atom.